The van der Waals surface area contributed by atoms with Crippen LogP contribution in [0.25, 0.3) is 11.1 Å². The van der Waals surface area contributed by atoms with Gasteiger partial charge in [-0.15, -0.1) is 18.0 Å². The molecule has 0 unspecified atom stereocenters. The van der Waals surface area contributed by atoms with Crippen LogP contribution in [0.1, 0.15) is 11.1 Å². The molecule has 1 heterocycles. The molecule has 5 heteroatoms. The Hall–Kier alpha value is -1.06. The van der Waals surface area contributed by atoms with E-state index in [-0.39, 0.29) is 46.5 Å². The Labute approximate surface area is 152 Å². The zero-order chi connectivity index (χ0) is 12.2. The molecule has 2 nitrogen and oxygen atoms in total. The van der Waals surface area contributed by atoms with Gasteiger partial charge >= 0.3 is 21.7 Å². The van der Waals surface area contributed by atoms with Crippen LogP contribution in [0.3, 0.4) is 0 Å². The van der Waals surface area contributed by atoms with Gasteiger partial charge in [-0.2, -0.15) is 29.8 Å². The van der Waals surface area contributed by atoms with Gasteiger partial charge in [0.2, 0.25) is 0 Å². The fourth-order valence-electron chi connectivity index (χ4n) is 2.18. The molecule has 4 rings (SSSR count). The molecule has 0 saturated heterocycles. The minimum Gasteiger partial charge on any atom is -1.00 e. The quantitative estimate of drug-likeness (QED) is 0.271. The Balaban J connectivity index is 0.000000437. The number of hydrogen-bond donors (Lipinski definition) is 1. The van der Waals surface area contributed by atoms with Crippen LogP contribution in [0.2, 0.25) is 0 Å². The number of rotatable bonds is 0. The van der Waals surface area contributed by atoms with Crippen LogP contribution < -0.4 is 24.8 Å². The monoisotopic (exact) mass is 350 g/mol. The summed E-state index contributed by atoms with van der Waals surface area (Å²) in [6, 6.07) is 18.1. The van der Waals surface area contributed by atoms with Crippen molar-refractivity contribution in [1.82, 2.24) is 9.97 Å². The van der Waals surface area contributed by atoms with Gasteiger partial charge in [-0.3, -0.25) is 0 Å². The van der Waals surface area contributed by atoms with Crippen molar-refractivity contribution in [1.29, 1.82) is 0 Å². The van der Waals surface area contributed by atoms with Crippen LogP contribution in [0, 0.1) is 12.4 Å². The fraction of sp³-hybridized carbons (Fsp3) is 0.0625. The standard InChI is InChI=1S/C13H9.C3H3N2.2ClH.Ti/c1-3-7-12-10(5-1)9-11-6-2-4-8-13(11)12;1-2-5-3-4-1;;;/h1-5,7-8H,9H2;1-2H,(H,4,5);2*1H;/q2*-1;;;+4/p-2. The van der Waals surface area contributed by atoms with E-state index in [9.17, 15) is 0 Å². The fourth-order valence-corrected chi connectivity index (χ4v) is 2.18. The first-order valence-corrected chi connectivity index (χ1v) is 5.88. The maximum absolute atomic E-state index is 3.54. The number of hydrogen-bond acceptors (Lipinski definition) is 1. The molecule has 21 heavy (non-hydrogen) atoms. The zero-order valence-corrected chi connectivity index (χ0v) is 14.2. The number of nitrogens with one attached hydrogen (secondary N) is 1. The van der Waals surface area contributed by atoms with E-state index in [4.69, 9.17) is 0 Å². The third-order valence-electron chi connectivity index (χ3n) is 2.98. The normalized spacial score (nSPS) is 9.52. The maximum atomic E-state index is 3.54. The second-order valence-electron chi connectivity index (χ2n) is 4.10. The van der Waals surface area contributed by atoms with Crippen LogP contribution in [0.4, 0.5) is 0 Å². The van der Waals surface area contributed by atoms with Crippen molar-refractivity contribution in [3.63, 3.8) is 0 Å². The first kappa shape index (κ1) is 19.9. The summed E-state index contributed by atoms with van der Waals surface area (Å²) in [4.78, 5) is 6.17. The van der Waals surface area contributed by atoms with E-state index in [1.54, 1.807) is 12.4 Å². The molecule has 2 aromatic carbocycles. The minimum absolute atomic E-state index is 0. The number of fused-ring (bicyclic) bond motifs is 3. The molecule has 0 saturated carbocycles. The number of aromatic amines is 1. The predicted molar refractivity (Wildman–Crippen MR) is 70.9 cm³/mol. The Bertz CT molecular complexity index is 582. The largest absolute Gasteiger partial charge is 4.00 e. The van der Waals surface area contributed by atoms with Crippen molar-refractivity contribution >= 4 is 0 Å². The Morgan fingerprint density at radius 2 is 1.76 bits per heavy atom. The van der Waals surface area contributed by atoms with Crippen molar-refractivity contribution in [2.75, 3.05) is 0 Å². The summed E-state index contributed by atoms with van der Waals surface area (Å²) in [5.74, 6) is 0. The molecule has 3 aromatic rings. The van der Waals surface area contributed by atoms with Crippen LogP contribution in [0.15, 0.2) is 54.9 Å². The van der Waals surface area contributed by atoms with E-state index in [2.05, 4.69) is 58.8 Å². The van der Waals surface area contributed by atoms with E-state index in [1.807, 2.05) is 6.07 Å². The van der Waals surface area contributed by atoms with Gasteiger partial charge in [-0.05, 0) is 12.7 Å². The van der Waals surface area contributed by atoms with E-state index in [0.29, 0.717) is 0 Å². The molecule has 1 aliphatic carbocycles. The average Bonchev–Trinajstić information content (AvgIpc) is 3.10. The minimum atomic E-state index is 0. The summed E-state index contributed by atoms with van der Waals surface area (Å²) in [7, 11) is 0. The van der Waals surface area contributed by atoms with E-state index >= 15 is 0 Å². The second-order valence-corrected chi connectivity index (χ2v) is 4.10. The Morgan fingerprint density at radius 3 is 2.43 bits per heavy atom. The van der Waals surface area contributed by atoms with Crippen LogP contribution in [-0.4, -0.2) is 9.97 Å². The molecular weight excluding hydrogens is 339 g/mol. The maximum Gasteiger partial charge on any atom is 4.00 e. The van der Waals surface area contributed by atoms with Gasteiger partial charge < -0.3 is 34.8 Å². The van der Waals surface area contributed by atoms with Crippen LogP contribution >= 0.6 is 0 Å². The third-order valence-corrected chi connectivity index (χ3v) is 2.98. The summed E-state index contributed by atoms with van der Waals surface area (Å²) in [6.45, 7) is 0. The summed E-state index contributed by atoms with van der Waals surface area (Å²) >= 11 is 0. The molecule has 0 bridgehead atoms. The average molecular weight is 351 g/mol. The summed E-state index contributed by atoms with van der Waals surface area (Å²) in [5, 5.41) is 0. The summed E-state index contributed by atoms with van der Waals surface area (Å²) < 4.78 is 0. The second kappa shape index (κ2) is 9.80. The van der Waals surface area contributed by atoms with E-state index < -0.39 is 0 Å². The number of aromatic nitrogens is 2. The molecule has 0 atom stereocenters. The van der Waals surface area contributed by atoms with Crippen LogP contribution in [0.5, 0.6) is 0 Å². The number of H-pyrrole nitrogens is 1. The molecular formula is C16H12Cl2N2Ti. The van der Waals surface area contributed by atoms with Gasteiger partial charge in [0, 0.05) is 0 Å². The first-order chi connectivity index (χ1) is 8.95. The van der Waals surface area contributed by atoms with Gasteiger partial charge in [-0.25, -0.2) is 0 Å². The summed E-state index contributed by atoms with van der Waals surface area (Å²) in [6.07, 6.45) is 6.88. The van der Waals surface area contributed by atoms with Crippen molar-refractivity contribution in [2.45, 2.75) is 6.42 Å². The molecule has 0 radical (unpaired) electrons. The molecule has 0 spiro atoms. The van der Waals surface area contributed by atoms with E-state index in [1.165, 1.54) is 22.3 Å². The smallest absolute Gasteiger partial charge is 1.00 e. The zero-order valence-electron chi connectivity index (χ0n) is 11.1. The van der Waals surface area contributed by atoms with Gasteiger partial charge in [0.05, 0.1) is 0 Å². The number of nitrogens with zero attached hydrogens (tertiary/aromatic N) is 1. The van der Waals surface area contributed by atoms with Crippen molar-refractivity contribution in [3.8, 4) is 11.1 Å². The van der Waals surface area contributed by atoms with E-state index in [0.717, 1.165) is 6.42 Å². The molecule has 1 aromatic heterocycles. The third kappa shape index (κ3) is 4.72. The topological polar surface area (TPSA) is 28.7 Å². The molecule has 0 aliphatic heterocycles. The van der Waals surface area contributed by atoms with Crippen LogP contribution in [-0.2, 0) is 28.1 Å². The van der Waals surface area contributed by atoms with Gasteiger partial charge in [0.15, 0.2) is 0 Å². The molecule has 0 amide bonds. The van der Waals surface area contributed by atoms with Gasteiger partial charge in [-0.1, -0.05) is 35.4 Å². The Morgan fingerprint density at radius 1 is 1.00 bits per heavy atom. The number of imidazole rings is 1. The van der Waals surface area contributed by atoms with Gasteiger partial charge in [0.25, 0.3) is 0 Å². The molecule has 104 valence electrons. The predicted octanol–water partition coefficient (Wildman–Crippen LogP) is -2.73. The molecule has 1 aliphatic rings. The van der Waals surface area contributed by atoms with Gasteiger partial charge in [0.1, 0.15) is 0 Å². The van der Waals surface area contributed by atoms with Crippen molar-refractivity contribution < 1.29 is 46.5 Å². The first-order valence-electron chi connectivity index (χ1n) is 5.88. The molecule has 1 N–H and O–H groups in total. The van der Waals surface area contributed by atoms with Crippen molar-refractivity contribution in [2.24, 2.45) is 0 Å². The SMILES string of the molecule is [Cl-].[Cl-].[Ti+4].[c-]1cccc2c1Cc1ccccc1-2.[c-]1ncc[nH]1. The van der Waals surface area contributed by atoms with Crippen molar-refractivity contribution in [3.05, 3.63) is 78.4 Å². The number of benzene rings is 2. The Kier molecular flexibility index (Phi) is 9.31. The number of halogens is 2. The molecule has 0 fully saturated rings. The summed E-state index contributed by atoms with van der Waals surface area (Å²) in [5.41, 5.74) is 5.51.